The molecule has 0 spiro atoms. The van der Waals surface area contributed by atoms with Crippen LogP contribution in [0.25, 0.3) is 0 Å². The highest BCUT2D eigenvalue weighted by Gasteiger charge is 2.13. The summed E-state index contributed by atoms with van der Waals surface area (Å²) in [5.41, 5.74) is 1.24. The van der Waals surface area contributed by atoms with Crippen LogP contribution >= 0.6 is 24.0 Å². The van der Waals surface area contributed by atoms with Crippen molar-refractivity contribution in [2.75, 3.05) is 20.8 Å². The van der Waals surface area contributed by atoms with Crippen molar-refractivity contribution in [3.05, 3.63) is 41.5 Å². The quantitative estimate of drug-likeness (QED) is 0.264. The van der Waals surface area contributed by atoms with Crippen LogP contribution in [0.3, 0.4) is 0 Å². The number of aliphatic imine (C=N–C) groups is 1. The van der Waals surface area contributed by atoms with Crippen molar-refractivity contribution in [3.8, 4) is 5.75 Å². The zero-order valence-corrected chi connectivity index (χ0v) is 18.2. The number of hydrogen-bond donors (Lipinski definition) is 2. The van der Waals surface area contributed by atoms with Gasteiger partial charge in [0.1, 0.15) is 23.5 Å². The molecule has 0 fully saturated rings. The van der Waals surface area contributed by atoms with E-state index in [1.807, 2.05) is 20.0 Å². The van der Waals surface area contributed by atoms with E-state index in [0.717, 1.165) is 17.9 Å². The van der Waals surface area contributed by atoms with Crippen molar-refractivity contribution in [2.45, 2.75) is 20.0 Å². The lowest BCUT2D eigenvalue weighted by Gasteiger charge is -2.12. The molecule has 1 heterocycles. The van der Waals surface area contributed by atoms with Gasteiger partial charge in [-0.25, -0.2) is 14.8 Å². The predicted octanol–water partition coefficient (Wildman–Crippen LogP) is 1.48. The zero-order valence-electron chi connectivity index (χ0n) is 15.9. The molecular formula is C17H25IN6O3. The summed E-state index contributed by atoms with van der Waals surface area (Å²) in [5.74, 6) is 1.47. The van der Waals surface area contributed by atoms with E-state index in [-0.39, 0.29) is 24.0 Å². The molecule has 0 unspecified atom stereocenters. The average molecular weight is 488 g/mol. The van der Waals surface area contributed by atoms with Gasteiger partial charge in [-0.3, -0.25) is 4.68 Å². The maximum absolute atomic E-state index is 11.9. The lowest BCUT2D eigenvalue weighted by Crippen LogP contribution is -2.37. The minimum Gasteiger partial charge on any atom is -0.496 e. The fraction of sp³-hybridized carbons (Fsp3) is 0.412. The molecule has 0 saturated carbocycles. The van der Waals surface area contributed by atoms with Crippen molar-refractivity contribution in [1.29, 1.82) is 0 Å². The summed E-state index contributed by atoms with van der Waals surface area (Å²) in [4.78, 5) is 20.6. The van der Waals surface area contributed by atoms with E-state index < -0.39 is 5.97 Å². The Kier molecular flexibility index (Phi) is 9.54. The van der Waals surface area contributed by atoms with Crippen molar-refractivity contribution in [1.82, 2.24) is 25.4 Å². The standard InChI is InChI=1S/C17H24N6O3.HI/c1-5-18-17(20-10-15-21-11-22-23(15)2)19-9-12-6-7-14(25-3)13(8-12)16(24)26-4;/h6-8,11H,5,9-10H2,1-4H3,(H2,18,19,20);1H. The Morgan fingerprint density at radius 1 is 1.30 bits per heavy atom. The van der Waals surface area contributed by atoms with E-state index in [0.29, 0.717) is 30.4 Å². The Balaban J connectivity index is 0.00000364. The summed E-state index contributed by atoms with van der Waals surface area (Å²) < 4.78 is 11.7. The highest BCUT2D eigenvalue weighted by molar-refractivity contribution is 14.0. The van der Waals surface area contributed by atoms with Gasteiger partial charge in [0.15, 0.2) is 5.96 Å². The molecule has 1 aromatic heterocycles. The van der Waals surface area contributed by atoms with E-state index >= 15 is 0 Å². The first-order valence-corrected chi connectivity index (χ1v) is 8.19. The summed E-state index contributed by atoms with van der Waals surface area (Å²) in [5, 5.41) is 10.4. The predicted molar refractivity (Wildman–Crippen MR) is 112 cm³/mol. The molecule has 0 radical (unpaired) electrons. The second-order valence-electron chi connectivity index (χ2n) is 5.37. The number of esters is 1. The first-order valence-electron chi connectivity index (χ1n) is 8.19. The van der Waals surface area contributed by atoms with Gasteiger partial charge in [0.05, 0.1) is 27.3 Å². The van der Waals surface area contributed by atoms with Gasteiger partial charge < -0.3 is 20.1 Å². The number of benzene rings is 1. The van der Waals surface area contributed by atoms with Crippen LogP contribution in [-0.4, -0.2) is 47.5 Å². The van der Waals surface area contributed by atoms with Gasteiger partial charge in [0.25, 0.3) is 0 Å². The van der Waals surface area contributed by atoms with Crippen LogP contribution in [0.4, 0.5) is 0 Å². The normalized spacial score (nSPS) is 10.7. The third kappa shape index (κ3) is 6.38. The molecule has 1 aromatic carbocycles. The summed E-state index contributed by atoms with van der Waals surface area (Å²) in [7, 11) is 4.69. The maximum Gasteiger partial charge on any atom is 0.341 e. The van der Waals surface area contributed by atoms with Gasteiger partial charge in [-0.1, -0.05) is 6.07 Å². The highest BCUT2D eigenvalue weighted by atomic mass is 127. The Hall–Kier alpha value is -2.37. The Bertz CT molecular complexity index is 778. The SMILES string of the molecule is CCNC(=NCc1ccc(OC)c(C(=O)OC)c1)NCc1ncnn1C.I. The van der Waals surface area contributed by atoms with E-state index in [1.165, 1.54) is 20.5 Å². The van der Waals surface area contributed by atoms with E-state index in [9.17, 15) is 4.79 Å². The van der Waals surface area contributed by atoms with E-state index in [2.05, 4.69) is 25.7 Å². The number of rotatable bonds is 7. The number of carbonyl (C=O) groups excluding carboxylic acids is 1. The van der Waals surface area contributed by atoms with Crippen molar-refractivity contribution in [2.24, 2.45) is 12.0 Å². The topological polar surface area (TPSA) is 103 Å². The monoisotopic (exact) mass is 488 g/mol. The van der Waals surface area contributed by atoms with E-state index in [4.69, 9.17) is 9.47 Å². The fourth-order valence-electron chi connectivity index (χ4n) is 2.28. The summed E-state index contributed by atoms with van der Waals surface area (Å²) in [6, 6.07) is 5.32. The molecule has 9 nitrogen and oxygen atoms in total. The first kappa shape index (κ1) is 22.7. The minimum absolute atomic E-state index is 0. The smallest absolute Gasteiger partial charge is 0.341 e. The molecule has 27 heavy (non-hydrogen) atoms. The number of guanidine groups is 1. The van der Waals surface area contributed by atoms with Crippen molar-refractivity contribution < 1.29 is 14.3 Å². The number of nitrogens with one attached hydrogen (secondary N) is 2. The van der Waals surface area contributed by atoms with Gasteiger partial charge >= 0.3 is 5.97 Å². The van der Waals surface area contributed by atoms with Crippen LogP contribution in [0, 0.1) is 0 Å². The average Bonchev–Trinajstić information content (AvgIpc) is 3.08. The minimum atomic E-state index is -0.444. The molecule has 0 bridgehead atoms. The summed E-state index contributed by atoms with van der Waals surface area (Å²) >= 11 is 0. The largest absolute Gasteiger partial charge is 0.496 e. The van der Waals surface area contributed by atoms with Crippen LogP contribution in [-0.2, 0) is 24.9 Å². The van der Waals surface area contributed by atoms with E-state index in [1.54, 1.807) is 16.8 Å². The molecule has 2 aromatic rings. The number of carbonyl (C=O) groups is 1. The van der Waals surface area contributed by atoms with Crippen LogP contribution in [0.15, 0.2) is 29.5 Å². The third-order valence-electron chi connectivity index (χ3n) is 3.65. The molecule has 0 saturated heterocycles. The number of aryl methyl sites for hydroxylation is 1. The van der Waals surface area contributed by atoms with Crippen LogP contribution in [0.5, 0.6) is 5.75 Å². The molecule has 0 aliphatic carbocycles. The summed E-state index contributed by atoms with van der Waals surface area (Å²) in [6.07, 6.45) is 1.51. The molecule has 2 rings (SSSR count). The second-order valence-corrected chi connectivity index (χ2v) is 5.37. The number of halogens is 1. The number of aromatic nitrogens is 3. The second kappa shape index (κ2) is 11.4. The summed E-state index contributed by atoms with van der Waals surface area (Å²) in [6.45, 7) is 3.60. The van der Waals surface area contributed by atoms with Crippen LogP contribution < -0.4 is 15.4 Å². The van der Waals surface area contributed by atoms with Crippen molar-refractivity contribution >= 4 is 35.9 Å². The fourth-order valence-corrected chi connectivity index (χ4v) is 2.28. The van der Waals surface area contributed by atoms with Gasteiger partial charge in [-0.05, 0) is 24.6 Å². The molecule has 148 valence electrons. The first-order chi connectivity index (χ1) is 12.6. The molecule has 0 amide bonds. The number of nitrogens with zero attached hydrogens (tertiary/aromatic N) is 4. The Morgan fingerprint density at radius 2 is 2.07 bits per heavy atom. The van der Waals surface area contributed by atoms with Crippen LogP contribution in [0.1, 0.15) is 28.7 Å². The Morgan fingerprint density at radius 3 is 2.67 bits per heavy atom. The number of hydrogen-bond acceptors (Lipinski definition) is 6. The highest BCUT2D eigenvalue weighted by Crippen LogP contribution is 2.21. The zero-order chi connectivity index (χ0) is 18.9. The number of methoxy groups -OCH3 is 2. The Labute approximate surface area is 175 Å². The van der Waals surface area contributed by atoms with Crippen molar-refractivity contribution in [3.63, 3.8) is 0 Å². The maximum atomic E-state index is 11.9. The van der Waals surface area contributed by atoms with Gasteiger partial charge in [0, 0.05) is 13.6 Å². The molecule has 0 atom stereocenters. The van der Waals surface area contributed by atoms with Crippen LogP contribution in [0.2, 0.25) is 0 Å². The molecular weight excluding hydrogens is 463 g/mol. The lowest BCUT2D eigenvalue weighted by atomic mass is 10.1. The number of ether oxygens (including phenoxy) is 2. The van der Waals surface area contributed by atoms with Gasteiger partial charge in [0.2, 0.25) is 0 Å². The van der Waals surface area contributed by atoms with Gasteiger partial charge in [-0.2, -0.15) is 5.10 Å². The molecule has 0 aliphatic heterocycles. The third-order valence-corrected chi connectivity index (χ3v) is 3.65. The molecule has 0 aliphatic rings. The molecule has 10 heteroatoms. The lowest BCUT2D eigenvalue weighted by molar-refractivity contribution is 0.0597. The van der Waals surface area contributed by atoms with Gasteiger partial charge in [-0.15, -0.1) is 24.0 Å². The molecule has 2 N–H and O–H groups in total.